The molecule has 0 N–H and O–H groups in total. The summed E-state index contributed by atoms with van der Waals surface area (Å²) in [5.41, 5.74) is 0. The predicted octanol–water partition coefficient (Wildman–Crippen LogP) is 3.61. The van der Waals surface area contributed by atoms with Crippen molar-refractivity contribution < 1.29 is 0 Å². The predicted molar refractivity (Wildman–Crippen MR) is 67.6 cm³/mol. The molecule has 1 aromatic rings. The Kier molecular flexibility index (Phi) is 4.40. The van der Waals surface area contributed by atoms with E-state index in [-0.39, 0.29) is 0 Å². The molecule has 0 spiro atoms. The van der Waals surface area contributed by atoms with E-state index in [9.17, 15) is 0 Å². The molecule has 1 radical (unpaired) electrons. The molecule has 0 bridgehead atoms. The Morgan fingerprint density at radius 1 is 1.07 bits per heavy atom. The van der Waals surface area contributed by atoms with Crippen molar-refractivity contribution in [1.29, 1.82) is 0 Å². The summed E-state index contributed by atoms with van der Waals surface area (Å²) in [4.78, 5) is 0. The van der Waals surface area contributed by atoms with Gasteiger partial charge in [0.05, 0.1) is 8.07 Å². The number of hydrogen-bond donors (Lipinski definition) is 0. The van der Waals surface area contributed by atoms with E-state index in [4.69, 9.17) is 0 Å². The number of unbranched alkanes of at least 4 members (excludes halogenated alkanes) is 2. The average molecular weight is 205 g/mol. The zero-order valence-electron chi connectivity index (χ0n) is 9.42. The second-order valence-corrected chi connectivity index (χ2v) is 9.41. The first-order valence-electron chi connectivity index (χ1n) is 5.51. The highest BCUT2D eigenvalue weighted by atomic mass is 28.3. The third-order valence-corrected chi connectivity index (χ3v) is 6.36. The van der Waals surface area contributed by atoms with Crippen LogP contribution in [0.5, 0.6) is 0 Å². The average Bonchev–Trinajstić information content (AvgIpc) is 2.19. The van der Waals surface area contributed by atoms with Gasteiger partial charge in [0.1, 0.15) is 0 Å². The lowest BCUT2D eigenvalue weighted by atomic mass is 10.3. The van der Waals surface area contributed by atoms with E-state index < -0.39 is 8.07 Å². The number of benzene rings is 1. The first-order valence-corrected chi connectivity index (χ1v) is 8.72. The quantitative estimate of drug-likeness (QED) is 0.509. The molecule has 1 rings (SSSR count). The fourth-order valence-corrected chi connectivity index (χ4v) is 4.29. The maximum atomic E-state index is 3.89. The zero-order chi connectivity index (χ0) is 10.4. The van der Waals surface area contributed by atoms with E-state index >= 15 is 0 Å². The Labute approximate surface area is 89.4 Å². The van der Waals surface area contributed by atoms with Gasteiger partial charge in [0.2, 0.25) is 0 Å². The van der Waals surface area contributed by atoms with Gasteiger partial charge in [0.15, 0.2) is 0 Å². The summed E-state index contributed by atoms with van der Waals surface area (Å²) in [5, 5.41) is 1.59. The molecule has 0 fully saturated rings. The van der Waals surface area contributed by atoms with Gasteiger partial charge in [0, 0.05) is 0 Å². The summed E-state index contributed by atoms with van der Waals surface area (Å²) in [6.45, 7) is 8.82. The lowest BCUT2D eigenvalue weighted by molar-refractivity contribution is 0.803. The van der Waals surface area contributed by atoms with Crippen molar-refractivity contribution in [3.8, 4) is 0 Å². The van der Waals surface area contributed by atoms with Gasteiger partial charge in [-0.3, -0.25) is 0 Å². The van der Waals surface area contributed by atoms with Crippen LogP contribution in [-0.2, 0) is 0 Å². The van der Waals surface area contributed by atoms with Crippen LogP contribution in [0.25, 0.3) is 0 Å². The summed E-state index contributed by atoms with van der Waals surface area (Å²) in [7, 11) is -1.14. The number of hydrogen-bond acceptors (Lipinski definition) is 0. The molecule has 77 valence electrons. The molecule has 1 heteroatoms. The van der Waals surface area contributed by atoms with Gasteiger partial charge in [-0.25, -0.2) is 0 Å². The largest absolute Gasteiger partial charge is 0.0806 e. The topological polar surface area (TPSA) is 0 Å². The van der Waals surface area contributed by atoms with Crippen molar-refractivity contribution in [2.24, 2.45) is 0 Å². The maximum Gasteiger partial charge on any atom is 0.0806 e. The van der Waals surface area contributed by atoms with Crippen molar-refractivity contribution in [3.63, 3.8) is 0 Å². The lowest BCUT2D eigenvalue weighted by Crippen LogP contribution is -2.40. The van der Waals surface area contributed by atoms with Crippen LogP contribution in [0.3, 0.4) is 0 Å². The zero-order valence-corrected chi connectivity index (χ0v) is 10.4. The SMILES string of the molecule is [CH2]CCCC[Si](C)(C)c1ccccc1. The van der Waals surface area contributed by atoms with Crippen molar-refractivity contribution >= 4 is 13.3 Å². The van der Waals surface area contributed by atoms with Crippen molar-refractivity contribution in [1.82, 2.24) is 0 Å². The van der Waals surface area contributed by atoms with E-state index in [1.54, 1.807) is 5.19 Å². The van der Waals surface area contributed by atoms with Crippen LogP contribution in [0.1, 0.15) is 19.3 Å². The molecule has 0 aliphatic carbocycles. The van der Waals surface area contributed by atoms with Gasteiger partial charge >= 0.3 is 0 Å². The third kappa shape index (κ3) is 3.30. The first-order chi connectivity index (χ1) is 6.67. The monoisotopic (exact) mass is 205 g/mol. The third-order valence-electron chi connectivity index (χ3n) is 2.86. The number of rotatable bonds is 5. The molecular formula is C13H21Si. The lowest BCUT2D eigenvalue weighted by Gasteiger charge is -2.22. The Bertz CT molecular complexity index is 251. The van der Waals surface area contributed by atoms with Gasteiger partial charge in [-0.05, 0) is 0 Å². The molecule has 0 aliphatic rings. The Balaban J connectivity index is 2.56. The second kappa shape index (κ2) is 5.35. The fraction of sp³-hybridized carbons (Fsp3) is 0.462. The summed E-state index contributed by atoms with van der Waals surface area (Å²) in [5.74, 6) is 0. The van der Waals surface area contributed by atoms with Crippen molar-refractivity contribution in [2.75, 3.05) is 0 Å². The van der Waals surface area contributed by atoms with Gasteiger partial charge in [0.25, 0.3) is 0 Å². The van der Waals surface area contributed by atoms with Crippen LogP contribution in [0.4, 0.5) is 0 Å². The van der Waals surface area contributed by atoms with Crippen LogP contribution in [-0.4, -0.2) is 8.07 Å². The van der Waals surface area contributed by atoms with Gasteiger partial charge in [-0.2, -0.15) is 0 Å². The smallest absolute Gasteiger partial charge is 0.0654 e. The van der Waals surface area contributed by atoms with Gasteiger partial charge in [-0.15, -0.1) is 0 Å². The molecule has 0 atom stereocenters. The highest BCUT2D eigenvalue weighted by molar-refractivity contribution is 6.89. The standard InChI is InChI=1S/C13H21Si/c1-4-5-9-12-14(2,3)13-10-7-6-8-11-13/h6-8,10-11H,1,4-5,9,12H2,2-3H3. The minimum absolute atomic E-state index is 1.08. The van der Waals surface area contributed by atoms with Gasteiger partial charge in [-0.1, -0.05) is 80.8 Å². The van der Waals surface area contributed by atoms with Crippen LogP contribution in [0.2, 0.25) is 19.1 Å². The van der Waals surface area contributed by atoms with Crippen molar-refractivity contribution in [3.05, 3.63) is 37.3 Å². The molecule has 0 heterocycles. The van der Waals surface area contributed by atoms with Gasteiger partial charge < -0.3 is 0 Å². The van der Waals surface area contributed by atoms with Crippen molar-refractivity contribution in [2.45, 2.75) is 38.4 Å². The first kappa shape index (κ1) is 11.5. The molecule has 1 aromatic carbocycles. The summed E-state index contributed by atoms with van der Waals surface area (Å²) < 4.78 is 0. The molecule has 0 unspecified atom stereocenters. The van der Waals surface area contributed by atoms with E-state index in [0.717, 1.165) is 6.42 Å². The Morgan fingerprint density at radius 3 is 2.29 bits per heavy atom. The fourth-order valence-electron chi connectivity index (χ4n) is 1.78. The van der Waals surface area contributed by atoms with Crippen LogP contribution >= 0.6 is 0 Å². The Morgan fingerprint density at radius 2 is 1.71 bits per heavy atom. The summed E-state index contributed by atoms with van der Waals surface area (Å²) in [6.07, 6.45) is 3.71. The molecule has 0 nitrogen and oxygen atoms in total. The minimum Gasteiger partial charge on any atom is -0.0654 e. The Hall–Kier alpha value is -0.563. The van der Waals surface area contributed by atoms with E-state index in [1.165, 1.54) is 18.9 Å². The second-order valence-electron chi connectivity index (χ2n) is 4.56. The van der Waals surface area contributed by atoms with Crippen LogP contribution in [0, 0.1) is 6.92 Å². The molecule has 0 aliphatic heterocycles. The highest BCUT2D eigenvalue weighted by Crippen LogP contribution is 2.14. The summed E-state index contributed by atoms with van der Waals surface area (Å²) in [6, 6.07) is 12.4. The van der Waals surface area contributed by atoms with E-state index in [2.05, 4.69) is 50.3 Å². The van der Waals surface area contributed by atoms with E-state index in [0.29, 0.717) is 0 Å². The summed E-state index contributed by atoms with van der Waals surface area (Å²) >= 11 is 0. The molecule has 14 heavy (non-hydrogen) atoms. The van der Waals surface area contributed by atoms with E-state index in [1.807, 2.05) is 0 Å². The molecule has 0 aromatic heterocycles. The van der Waals surface area contributed by atoms with Crippen LogP contribution < -0.4 is 5.19 Å². The normalized spacial score (nSPS) is 11.6. The maximum absolute atomic E-state index is 3.89. The molecule has 0 saturated carbocycles. The highest BCUT2D eigenvalue weighted by Gasteiger charge is 2.21. The molecule has 0 amide bonds. The molecular weight excluding hydrogens is 184 g/mol. The minimum atomic E-state index is -1.14. The van der Waals surface area contributed by atoms with Crippen LogP contribution in [0.15, 0.2) is 30.3 Å². The molecule has 0 saturated heterocycles.